The van der Waals surface area contributed by atoms with Crippen LogP contribution in [0, 0.1) is 11.8 Å². The topological polar surface area (TPSA) is 101 Å². The molecule has 3 N–H and O–H groups in total. The van der Waals surface area contributed by atoms with Crippen molar-refractivity contribution in [2.24, 2.45) is 11.8 Å². The van der Waals surface area contributed by atoms with Gasteiger partial charge < -0.3 is 20.4 Å². The summed E-state index contributed by atoms with van der Waals surface area (Å²) in [6, 6.07) is 9.59. The van der Waals surface area contributed by atoms with E-state index in [0.717, 1.165) is 16.5 Å². The number of nitrogens with one attached hydrogen (secondary N) is 3. The summed E-state index contributed by atoms with van der Waals surface area (Å²) in [5.41, 5.74) is 2.67. The van der Waals surface area contributed by atoms with Crippen molar-refractivity contribution in [2.75, 3.05) is 20.3 Å². The minimum atomic E-state index is -0.317. The number of fused-ring (bicyclic) bond motifs is 2. The molecular weight excluding hydrogens is 370 g/mol. The number of carbonyl (C=O) groups is 2. The molecule has 2 unspecified atom stereocenters. The Balaban J connectivity index is 1.47. The fourth-order valence-corrected chi connectivity index (χ4v) is 4.25. The minimum Gasteiger partial charge on any atom is -0.381 e. The lowest BCUT2D eigenvalue weighted by atomic mass is 10.1. The molecule has 150 valence electrons. The number of amides is 2. The van der Waals surface area contributed by atoms with Crippen LogP contribution >= 0.6 is 0 Å². The van der Waals surface area contributed by atoms with Gasteiger partial charge in [0.2, 0.25) is 0 Å². The largest absolute Gasteiger partial charge is 0.381 e. The molecule has 3 heterocycles. The normalized spacial score (nSPS) is 23.6. The highest BCUT2D eigenvalue weighted by molar-refractivity contribution is 5.98. The highest BCUT2D eigenvalue weighted by atomic mass is 16.5. The van der Waals surface area contributed by atoms with Gasteiger partial charge >= 0.3 is 0 Å². The van der Waals surface area contributed by atoms with Gasteiger partial charge in [-0.3, -0.25) is 14.3 Å². The Morgan fingerprint density at radius 3 is 2.76 bits per heavy atom. The first-order chi connectivity index (χ1) is 14.1. The summed E-state index contributed by atoms with van der Waals surface area (Å²) < 4.78 is 7.04. The molecule has 1 aliphatic carbocycles. The highest BCUT2D eigenvalue weighted by Crippen LogP contribution is 2.44. The van der Waals surface area contributed by atoms with Crippen molar-refractivity contribution in [1.29, 1.82) is 0 Å². The van der Waals surface area contributed by atoms with Gasteiger partial charge in [0.15, 0.2) is 5.69 Å². The van der Waals surface area contributed by atoms with Crippen molar-refractivity contribution in [3.8, 4) is 0 Å². The number of hydrogen-bond acceptors (Lipinski definition) is 4. The number of rotatable bonds is 5. The number of ether oxygens (including phenoxy) is 1. The molecule has 4 atom stereocenters. The van der Waals surface area contributed by atoms with Gasteiger partial charge in [-0.05, 0) is 36.1 Å². The van der Waals surface area contributed by atoms with Crippen LogP contribution in [0.4, 0.5) is 0 Å². The number of aromatic amines is 1. The van der Waals surface area contributed by atoms with Gasteiger partial charge in [-0.15, -0.1) is 0 Å². The van der Waals surface area contributed by atoms with E-state index < -0.39 is 0 Å². The lowest BCUT2D eigenvalue weighted by Gasteiger charge is -2.16. The van der Waals surface area contributed by atoms with Crippen LogP contribution in [0.25, 0.3) is 10.9 Å². The molecule has 5 rings (SSSR count). The first-order valence-corrected chi connectivity index (χ1v) is 9.84. The van der Waals surface area contributed by atoms with Crippen LogP contribution in [0.5, 0.6) is 0 Å². The quantitative estimate of drug-likeness (QED) is 0.614. The Kier molecular flexibility index (Phi) is 4.16. The number of benzene rings is 1. The van der Waals surface area contributed by atoms with Gasteiger partial charge in [-0.1, -0.05) is 6.07 Å². The van der Waals surface area contributed by atoms with Crippen LogP contribution in [-0.4, -0.2) is 52.9 Å². The zero-order valence-corrected chi connectivity index (χ0v) is 16.3. The maximum Gasteiger partial charge on any atom is 0.271 e. The zero-order valence-electron chi connectivity index (χ0n) is 16.3. The van der Waals surface area contributed by atoms with Crippen LogP contribution in [0.15, 0.2) is 36.5 Å². The fraction of sp³-hybridized carbons (Fsp3) is 0.381. The smallest absolute Gasteiger partial charge is 0.271 e. The van der Waals surface area contributed by atoms with E-state index in [4.69, 9.17) is 4.74 Å². The number of carbonyl (C=O) groups excluding carboxylic acids is 2. The summed E-state index contributed by atoms with van der Waals surface area (Å²) >= 11 is 0. The molecule has 0 spiro atoms. The Bertz CT molecular complexity index is 1090. The molecule has 8 nitrogen and oxygen atoms in total. The summed E-state index contributed by atoms with van der Waals surface area (Å²) in [5.74, 6) is 0.286. The molecule has 0 bridgehead atoms. The molecule has 1 aliphatic heterocycles. The predicted molar refractivity (Wildman–Crippen MR) is 107 cm³/mol. The second-order valence-electron chi connectivity index (χ2n) is 7.80. The molecule has 0 radical (unpaired) electrons. The summed E-state index contributed by atoms with van der Waals surface area (Å²) in [7, 11) is 1.55. The average molecular weight is 393 g/mol. The SMILES string of the molecule is CNC(=O)c1cc(C(=O)NC2[C@H]3COC[C@@H]23)n(C(C)c2ccc3[nH]ccc3c2)n1. The maximum absolute atomic E-state index is 13.0. The first kappa shape index (κ1) is 17.9. The molecule has 29 heavy (non-hydrogen) atoms. The van der Waals surface area contributed by atoms with Crippen LogP contribution < -0.4 is 10.6 Å². The van der Waals surface area contributed by atoms with E-state index in [2.05, 4.69) is 26.8 Å². The van der Waals surface area contributed by atoms with Crippen molar-refractivity contribution < 1.29 is 14.3 Å². The van der Waals surface area contributed by atoms with Gasteiger partial charge in [-0.25, -0.2) is 0 Å². The minimum absolute atomic E-state index is 0.148. The van der Waals surface area contributed by atoms with Crippen LogP contribution in [-0.2, 0) is 4.74 Å². The van der Waals surface area contributed by atoms with Crippen molar-refractivity contribution in [3.05, 3.63) is 53.5 Å². The van der Waals surface area contributed by atoms with Crippen molar-refractivity contribution in [3.63, 3.8) is 0 Å². The Hall–Kier alpha value is -3.13. The Morgan fingerprint density at radius 1 is 1.21 bits per heavy atom. The lowest BCUT2D eigenvalue weighted by molar-refractivity contribution is 0.0915. The van der Waals surface area contributed by atoms with Crippen molar-refractivity contribution >= 4 is 22.7 Å². The number of hydrogen-bond donors (Lipinski definition) is 3. The van der Waals surface area contributed by atoms with Gasteiger partial charge in [0.05, 0.1) is 19.3 Å². The highest BCUT2D eigenvalue weighted by Gasteiger charge is 2.55. The van der Waals surface area contributed by atoms with E-state index in [-0.39, 0.29) is 29.6 Å². The molecule has 8 heteroatoms. The average Bonchev–Trinajstić information content (AvgIpc) is 3.26. The van der Waals surface area contributed by atoms with E-state index >= 15 is 0 Å². The molecule has 1 saturated heterocycles. The Morgan fingerprint density at radius 2 is 2.00 bits per heavy atom. The summed E-state index contributed by atoms with van der Waals surface area (Å²) in [5, 5.41) is 11.2. The van der Waals surface area contributed by atoms with Crippen LogP contribution in [0.2, 0.25) is 0 Å². The van der Waals surface area contributed by atoms with E-state index in [1.807, 2.05) is 31.3 Å². The third-order valence-electron chi connectivity index (χ3n) is 6.10. The van der Waals surface area contributed by atoms with Crippen LogP contribution in [0.1, 0.15) is 39.5 Å². The molecule has 3 aromatic rings. The van der Waals surface area contributed by atoms with E-state index in [1.54, 1.807) is 17.8 Å². The molecule has 1 aromatic carbocycles. The third-order valence-corrected chi connectivity index (χ3v) is 6.10. The zero-order chi connectivity index (χ0) is 20.1. The van der Waals surface area contributed by atoms with Crippen molar-refractivity contribution in [1.82, 2.24) is 25.4 Å². The molecule has 2 amide bonds. The van der Waals surface area contributed by atoms with E-state index in [0.29, 0.717) is 30.7 Å². The van der Waals surface area contributed by atoms with Gasteiger partial charge in [-0.2, -0.15) is 5.10 Å². The van der Waals surface area contributed by atoms with Gasteiger partial charge in [0.1, 0.15) is 5.69 Å². The molecule has 2 fully saturated rings. The maximum atomic E-state index is 13.0. The molecule has 2 aromatic heterocycles. The number of nitrogens with zero attached hydrogens (tertiary/aromatic N) is 2. The Labute approximate surface area is 167 Å². The van der Waals surface area contributed by atoms with Gasteiger partial charge in [0, 0.05) is 42.7 Å². The second kappa shape index (κ2) is 6.73. The molecule has 1 saturated carbocycles. The fourth-order valence-electron chi connectivity index (χ4n) is 4.25. The van der Waals surface area contributed by atoms with E-state index in [9.17, 15) is 9.59 Å². The standard InChI is InChI=1S/C21H23N5O3/c1-11(12-3-4-16-13(7-12)5-6-23-16)26-18(8-17(25-26)20(27)22-2)21(28)24-19-14-9-29-10-15(14)19/h3-8,11,14-15,19,23H,9-10H2,1-2H3,(H,22,27)(H,24,28)/t11?,14-,15+,19?. The molecule has 2 aliphatic rings. The van der Waals surface area contributed by atoms with E-state index in [1.165, 1.54) is 0 Å². The third kappa shape index (κ3) is 3.00. The lowest BCUT2D eigenvalue weighted by Crippen LogP contribution is -2.32. The van der Waals surface area contributed by atoms with Crippen LogP contribution in [0.3, 0.4) is 0 Å². The molecular formula is C21H23N5O3. The second-order valence-corrected chi connectivity index (χ2v) is 7.80. The predicted octanol–water partition coefficient (Wildman–Crippen LogP) is 1.71. The number of H-pyrrole nitrogens is 1. The monoisotopic (exact) mass is 393 g/mol. The summed E-state index contributed by atoms with van der Waals surface area (Å²) in [6.07, 6.45) is 1.89. The first-order valence-electron chi connectivity index (χ1n) is 9.84. The van der Waals surface area contributed by atoms with Gasteiger partial charge in [0.25, 0.3) is 11.8 Å². The summed E-state index contributed by atoms with van der Waals surface area (Å²) in [4.78, 5) is 28.4. The summed E-state index contributed by atoms with van der Waals surface area (Å²) in [6.45, 7) is 3.38. The van der Waals surface area contributed by atoms with Crippen molar-refractivity contribution in [2.45, 2.75) is 19.0 Å². The number of aromatic nitrogens is 3.